The summed E-state index contributed by atoms with van der Waals surface area (Å²) in [6.45, 7) is 12.7. The average molecular weight is 504 g/mol. The zero-order valence-electron chi connectivity index (χ0n) is 24.1. The molecule has 1 aliphatic heterocycles. The lowest BCUT2D eigenvalue weighted by atomic mass is 9.64. The molecule has 3 unspecified atom stereocenters. The summed E-state index contributed by atoms with van der Waals surface area (Å²) in [5, 5.41) is 0. The van der Waals surface area contributed by atoms with Crippen LogP contribution >= 0.6 is 0 Å². The minimum atomic E-state index is 0.0154. The fourth-order valence-electron chi connectivity index (χ4n) is 6.28. The number of carbonyl (C=O) groups excluding carboxylic acids is 1. The SMILES string of the molecule is CCC(C)[C@]1(c2ccccc2)CCCC(CC=C(C)C)C(C)C(=O)N(Cc2ccc(OC)cc2)CCC1. The van der Waals surface area contributed by atoms with Crippen LogP contribution in [0.4, 0.5) is 0 Å². The van der Waals surface area contributed by atoms with E-state index < -0.39 is 0 Å². The molecule has 0 radical (unpaired) electrons. The van der Waals surface area contributed by atoms with Gasteiger partial charge in [-0.2, -0.15) is 0 Å². The average Bonchev–Trinajstić information content (AvgIpc) is 2.94. The summed E-state index contributed by atoms with van der Waals surface area (Å²) >= 11 is 0. The molecule has 0 spiro atoms. The summed E-state index contributed by atoms with van der Waals surface area (Å²) in [5.74, 6) is 2.13. The van der Waals surface area contributed by atoms with Crippen LogP contribution in [0.3, 0.4) is 0 Å². The van der Waals surface area contributed by atoms with Crippen molar-refractivity contribution in [1.29, 1.82) is 0 Å². The lowest BCUT2D eigenvalue weighted by Gasteiger charge is -2.41. The van der Waals surface area contributed by atoms with Crippen LogP contribution in [0.25, 0.3) is 0 Å². The molecule has 202 valence electrons. The molecular weight excluding hydrogens is 454 g/mol. The Bertz CT molecular complexity index is 992. The molecule has 4 atom stereocenters. The van der Waals surface area contributed by atoms with Gasteiger partial charge in [0.15, 0.2) is 0 Å². The number of nitrogens with zero attached hydrogens (tertiary/aromatic N) is 1. The maximum absolute atomic E-state index is 14.0. The highest BCUT2D eigenvalue weighted by Gasteiger charge is 2.38. The Kier molecular flexibility index (Phi) is 10.9. The molecule has 37 heavy (non-hydrogen) atoms. The molecule has 3 nitrogen and oxygen atoms in total. The zero-order chi connectivity index (χ0) is 26.8. The normalized spacial score (nSPS) is 24.2. The Morgan fingerprint density at radius 3 is 2.38 bits per heavy atom. The summed E-state index contributed by atoms with van der Waals surface area (Å²) in [4.78, 5) is 16.1. The second kappa shape index (κ2) is 13.8. The third-order valence-electron chi connectivity index (χ3n) is 8.92. The van der Waals surface area contributed by atoms with Gasteiger partial charge in [0.05, 0.1) is 7.11 Å². The Balaban J connectivity index is 1.96. The van der Waals surface area contributed by atoms with Crippen LogP contribution in [0.15, 0.2) is 66.2 Å². The summed E-state index contributed by atoms with van der Waals surface area (Å²) in [7, 11) is 1.69. The number of ether oxygens (including phenoxy) is 1. The van der Waals surface area contributed by atoms with Gasteiger partial charge < -0.3 is 9.64 Å². The first-order chi connectivity index (χ1) is 17.8. The van der Waals surface area contributed by atoms with Crippen molar-refractivity contribution in [2.45, 2.75) is 91.5 Å². The summed E-state index contributed by atoms with van der Waals surface area (Å²) in [5.41, 5.74) is 4.13. The molecule has 0 bridgehead atoms. The van der Waals surface area contributed by atoms with Crippen molar-refractivity contribution in [2.24, 2.45) is 17.8 Å². The predicted molar refractivity (Wildman–Crippen MR) is 156 cm³/mol. The molecule has 1 fully saturated rings. The molecule has 0 N–H and O–H groups in total. The smallest absolute Gasteiger partial charge is 0.225 e. The standard InChI is InChI=1S/C34H49NO2/c1-7-27(4)34(31-14-9-8-10-15-31)22-11-13-30(19-16-26(2)3)28(5)33(36)35(24-12-23-34)25-29-17-20-32(37-6)21-18-29/h8-10,14-18,20-21,27-28,30H,7,11-13,19,22-25H2,1-6H3/t27?,28?,30?,34-/m0/s1. The largest absolute Gasteiger partial charge is 0.497 e. The van der Waals surface area contributed by atoms with E-state index >= 15 is 0 Å². The monoisotopic (exact) mass is 503 g/mol. The number of allylic oxidation sites excluding steroid dienone is 2. The van der Waals surface area contributed by atoms with E-state index in [9.17, 15) is 4.79 Å². The van der Waals surface area contributed by atoms with Crippen LogP contribution < -0.4 is 4.74 Å². The first kappa shape index (κ1) is 29.0. The van der Waals surface area contributed by atoms with E-state index in [2.05, 4.69) is 88.1 Å². The van der Waals surface area contributed by atoms with Crippen LogP contribution in [0.1, 0.15) is 90.7 Å². The molecule has 1 aliphatic rings. The van der Waals surface area contributed by atoms with Gasteiger partial charge in [0.2, 0.25) is 5.91 Å². The quantitative estimate of drug-likeness (QED) is 0.338. The van der Waals surface area contributed by atoms with Gasteiger partial charge in [0.1, 0.15) is 5.75 Å². The molecule has 1 saturated heterocycles. The lowest BCUT2D eigenvalue weighted by Crippen LogP contribution is -2.39. The highest BCUT2D eigenvalue weighted by molar-refractivity contribution is 5.78. The van der Waals surface area contributed by atoms with E-state index in [1.165, 1.54) is 24.0 Å². The van der Waals surface area contributed by atoms with Gasteiger partial charge in [-0.1, -0.05) is 87.7 Å². The Hall–Kier alpha value is -2.55. The van der Waals surface area contributed by atoms with Gasteiger partial charge in [-0.15, -0.1) is 0 Å². The van der Waals surface area contributed by atoms with Crippen LogP contribution in [-0.2, 0) is 16.8 Å². The van der Waals surface area contributed by atoms with Crippen LogP contribution in [0.2, 0.25) is 0 Å². The van der Waals surface area contributed by atoms with E-state index in [1.54, 1.807) is 7.11 Å². The van der Waals surface area contributed by atoms with E-state index in [1.807, 2.05) is 12.1 Å². The minimum absolute atomic E-state index is 0.0154. The van der Waals surface area contributed by atoms with Gasteiger partial charge in [0.25, 0.3) is 0 Å². The van der Waals surface area contributed by atoms with Crippen LogP contribution in [0.5, 0.6) is 5.75 Å². The first-order valence-corrected chi connectivity index (χ1v) is 14.4. The highest BCUT2D eigenvalue weighted by atomic mass is 16.5. The summed E-state index contributed by atoms with van der Waals surface area (Å²) in [6.07, 6.45) is 10.1. The number of methoxy groups -OCH3 is 1. The molecular formula is C34H49NO2. The fourth-order valence-corrected chi connectivity index (χ4v) is 6.28. The van der Waals surface area contributed by atoms with Crippen LogP contribution in [-0.4, -0.2) is 24.5 Å². The molecule has 1 amide bonds. The molecule has 2 aromatic rings. The van der Waals surface area contributed by atoms with Gasteiger partial charge in [0, 0.05) is 19.0 Å². The fraction of sp³-hybridized carbons (Fsp3) is 0.559. The van der Waals surface area contributed by atoms with E-state index in [0.717, 1.165) is 50.0 Å². The predicted octanol–water partition coefficient (Wildman–Crippen LogP) is 8.58. The Labute approximate surface area is 226 Å². The number of hydrogen-bond acceptors (Lipinski definition) is 2. The van der Waals surface area contributed by atoms with Crippen molar-refractivity contribution < 1.29 is 9.53 Å². The van der Waals surface area contributed by atoms with E-state index in [0.29, 0.717) is 24.3 Å². The van der Waals surface area contributed by atoms with Crippen molar-refractivity contribution in [3.8, 4) is 5.75 Å². The number of hydrogen-bond donors (Lipinski definition) is 0. The molecule has 0 aromatic heterocycles. The number of carbonyl (C=O) groups is 1. The Morgan fingerprint density at radius 1 is 1.08 bits per heavy atom. The number of benzene rings is 2. The topological polar surface area (TPSA) is 29.5 Å². The van der Waals surface area contributed by atoms with Crippen molar-refractivity contribution in [2.75, 3.05) is 13.7 Å². The maximum Gasteiger partial charge on any atom is 0.225 e. The molecule has 1 heterocycles. The lowest BCUT2D eigenvalue weighted by molar-refractivity contribution is -0.137. The second-order valence-electron chi connectivity index (χ2n) is 11.5. The molecule has 0 aliphatic carbocycles. The van der Waals surface area contributed by atoms with Crippen molar-refractivity contribution in [3.05, 3.63) is 77.4 Å². The first-order valence-electron chi connectivity index (χ1n) is 14.4. The molecule has 3 rings (SSSR count). The van der Waals surface area contributed by atoms with Crippen LogP contribution in [0, 0.1) is 17.8 Å². The summed E-state index contributed by atoms with van der Waals surface area (Å²) in [6, 6.07) is 19.4. The van der Waals surface area contributed by atoms with E-state index in [-0.39, 0.29) is 11.3 Å². The van der Waals surface area contributed by atoms with Gasteiger partial charge in [-0.25, -0.2) is 0 Å². The minimum Gasteiger partial charge on any atom is -0.497 e. The highest BCUT2D eigenvalue weighted by Crippen LogP contribution is 2.44. The third-order valence-corrected chi connectivity index (χ3v) is 8.92. The Morgan fingerprint density at radius 2 is 1.76 bits per heavy atom. The van der Waals surface area contributed by atoms with Crippen molar-refractivity contribution in [3.63, 3.8) is 0 Å². The maximum atomic E-state index is 14.0. The molecule has 0 saturated carbocycles. The number of rotatable bonds is 8. The zero-order valence-corrected chi connectivity index (χ0v) is 24.1. The third kappa shape index (κ3) is 7.49. The van der Waals surface area contributed by atoms with E-state index in [4.69, 9.17) is 4.74 Å². The van der Waals surface area contributed by atoms with Gasteiger partial charge >= 0.3 is 0 Å². The van der Waals surface area contributed by atoms with Gasteiger partial charge in [-0.05, 0) is 86.5 Å². The molecule has 3 heteroatoms. The van der Waals surface area contributed by atoms with Crippen molar-refractivity contribution in [1.82, 2.24) is 4.90 Å². The van der Waals surface area contributed by atoms with Crippen molar-refractivity contribution >= 4 is 5.91 Å². The second-order valence-corrected chi connectivity index (χ2v) is 11.5. The van der Waals surface area contributed by atoms with Gasteiger partial charge in [-0.3, -0.25) is 4.79 Å². The molecule has 2 aromatic carbocycles. The summed E-state index contributed by atoms with van der Waals surface area (Å²) < 4.78 is 5.35. The number of amides is 1.